The van der Waals surface area contributed by atoms with E-state index in [1.165, 1.54) is 14.0 Å². The highest BCUT2D eigenvalue weighted by molar-refractivity contribution is 5.73. The second-order valence-corrected chi connectivity index (χ2v) is 12.8. The summed E-state index contributed by atoms with van der Waals surface area (Å²) in [5.41, 5.74) is -1.23. The van der Waals surface area contributed by atoms with E-state index in [-0.39, 0.29) is 17.9 Å². The molecule has 7 unspecified atom stereocenters. The molecule has 0 amide bonds. The molecule has 11 heteroatoms. The highest BCUT2D eigenvalue weighted by atomic mass is 16.7. The quantitative estimate of drug-likeness (QED) is 0.162. The van der Waals surface area contributed by atoms with Crippen molar-refractivity contribution in [1.82, 2.24) is 5.32 Å². The van der Waals surface area contributed by atoms with Crippen LogP contribution in [0.1, 0.15) is 108 Å². The van der Waals surface area contributed by atoms with Gasteiger partial charge in [0, 0.05) is 20.1 Å². The Labute approximate surface area is 259 Å². The summed E-state index contributed by atoms with van der Waals surface area (Å²) < 4.78 is 34.9. The molecule has 1 heterocycles. The third-order valence-electron chi connectivity index (χ3n) is 8.25. The third kappa shape index (κ3) is 13.3. The van der Waals surface area contributed by atoms with E-state index in [1.807, 2.05) is 20.8 Å². The number of cyclic esters (lactones) is 1. The number of methoxy groups -OCH3 is 1. The Morgan fingerprint density at radius 1 is 1.12 bits per heavy atom. The minimum absolute atomic E-state index is 0.0412. The topological polar surface area (TPSA) is 139 Å². The average molecular weight is 618 g/mol. The van der Waals surface area contributed by atoms with Crippen LogP contribution in [0.3, 0.4) is 0 Å². The molecule has 1 fully saturated rings. The lowest BCUT2D eigenvalue weighted by atomic mass is 9.84. The second-order valence-electron chi connectivity index (χ2n) is 12.8. The molecule has 0 aromatic carbocycles. The maximum atomic E-state index is 13.8. The first-order valence-corrected chi connectivity index (χ1v) is 15.9. The third-order valence-corrected chi connectivity index (χ3v) is 8.25. The van der Waals surface area contributed by atoms with Gasteiger partial charge in [-0.05, 0) is 84.1 Å². The van der Waals surface area contributed by atoms with E-state index in [2.05, 4.69) is 26.1 Å². The van der Waals surface area contributed by atoms with Gasteiger partial charge in [0.15, 0.2) is 6.29 Å². The summed E-state index contributed by atoms with van der Waals surface area (Å²) in [5, 5.41) is 13.2. The molecular weight excluding hydrogens is 558 g/mol. The van der Waals surface area contributed by atoms with Crippen molar-refractivity contribution < 1.29 is 47.9 Å². The zero-order chi connectivity index (χ0) is 32.9. The van der Waals surface area contributed by atoms with E-state index in [0.29, 0.717) is 31.7 Å². The fourth-order valence-electron chi connectivity index (χ4n) is 6.30. The molecule has 0 bridgehead atoms. The zero-order valence-corrected chi connectivity index (χ0v) is 28.3. The van der Waals surface area contributed by atoms with Gasteiger partial charge in [0.1, 0.15) is 17.8 Å². The van der Waals surface area contributed by atoms with Gasteiger partial charge >= 0.3 is 18.1 Å². The number of ether oxygens (including phenoxy) is 6. The van der Waals surface area contributed by atoms with E-state index in [1.54, 1.807) is 20.8 Å². The predicted octanol–water partition coefficient (Wildman–Crippen LogP) is 5.92. The van der Waals surface area contributed by atoms with Gasteiger partial charge in [-0.25, -0.2) is 4.79 Å². The van der Waals surface area contributed by atoms with Crippen LogP contribution >= 0.6 is 0 Å². The molecule has 11 nitrogen and oxygen atoms in total. The zero-order valence-electron chi connectivity index (χ0n) is 28.3. The van der Waals surface area contributed by atoms with Crippen LogP contribution < -0.4 is 5.32 Å². The Balaban J connectivity index is 3.42. The minimum atomic E-state index is -1.41. The Bertz CT molecular complexity index is 856. The van der Waals surface area contributed by atoms with E-state index in [9.17, 15) is 19.5 Å². The molecule has 252 valence electrons. The molecule has 0 aromatic rings. The first-order chi connectivity index (χ1) is 20.1. The lowest BCUT2D eigenvalue weighted by Crippen LogP contribution is -2.49. The van der Waals surface area contributed by atoms with Crippen molar-refractivity contribution in [2.24, 2.45) is 23.7 Å². The van der Waals surface area contributed by atoms with Crippen molar-refractivity contribution in [3.05, 3.63) is 0 Å². The summed E-state index contributed by atoms with van der Waals surface area (Å²) in [6.07, 6.45) is -1.20. The molecule has 1 aliphatic heterocycles. The summed E-state index contributed by atoms with van der Waals surface area (Å²) >= 11 is 0. The van der Waals surface area contributed by atoms with Gasteiger partial charge in [-0.1, -0.05) is 41.0 Å². The van der Waals surface area contributed by atoms with Gasteiger partial charge in [-0.2, -0.15) is 0 Å². The molecule has 43 heavy (non-hydrogen) atoms. The summed E-state index contributed by atoms with van der Waals surface area (Å²) in [4.78, 5) is 37.1. The molecule has 0 aromatic heterocycles. The van der Waals surface area contributed by atoms with Crippen LogP contribution in [0.2, 0.25) is 0 Å². The number of carbonyl (C=O) groups is 3. The summed E-state index contributed by atoms with van der Waals surface area (Å²) in [6, 6.07) is 0.238. The summed E-state index contributed by atoms with van der Waals surface area (Å²) in [7, 11) is 1.44. The van der Waals surface area contributed by atoms with Gasteiger partial charge < -0.3 is 38.8 Å². The number of hydrogen-bond donors (Lipinski definition) is 2. The Kier molecular flexibility index (Phi) is 17.1. The van der Waals surface area contributed by atoms with Crippen LogP contribution in [-0.4, -0.2) is 79.4 Å². The minimum Gasteiger partial charge on any atom is -0.458 e. The maximum absolute atomic E-state index is 13.8. The summed E-state index contributed by atoms with van der Waals surface area (Å²) in [5.74, 6) is -1.29. The van der Waals surface area contributed by atoms with Gasteiger partial charge in [-0.3, -0.25) is 9.59 Å². The van der Waals surface area contributed by atoms with Gasteiger partial charge in [0.25, 0.3) is 0 Å². The Morgan fingerprint density at radius 2 is 1.77 bits per heavy atom. The van der Waals surface area contributed by atoms with E-state index < -0.39 is 60.5 Å². The summed E-state index contributed by atoms with van der Waals surface area (Å²) in [6.45, 7) is 19.5. The smallest absolute Gasteiger partial charge is 0.458 e. The van der Waals surface area contributed by atoms with Crippen molar-refractivity contribution in [3.8, 4) is 0 Å². The van der Waals surface area contributed by atoms with Crippen molar-refractivity contribution in [1.29, 1.82) is 0 Å². The molecule has 0 radical (unpaired) electrons. The van der Waals surface area contributed by atoms with Crippen LogP contribution in [0.4, 0.5) is 4.79 Å². The van der Waals surface area contributed by atoms with E-state index >= 15 is 0 Å². The number of hydrogen-bond acceptors (Lipinski definition) is 10. The van der Waals surface area contributed by atoms with Crippen LogP contribution in [0, 0.1) is 23.7 Å². The monoisotopic (exact) mass is 617 g/mol. The second kappa shape index (κ2) is 18.8. The molecular formula is C32H59NO10. The molecule has 1 saturated heterocycles. The van der Waals surface area contributed by atoms with Crippen LogP contribution in [0.5, 0.6) is 0 Å². The van der Waals surface area contributed by atoms with Crippen LogP contribution in [-0.2, 0) is 38.0 Å². The number of carboxylic acid groups (broad SMARTS) is 1. The van der Waals surface area contributed by atoms with E-state index in [4.69, 9.17) is 28.4 Å². The van der Waals surface area contributed by atoms with Gasteiger partial charge in [-0.15, -0.1) is 0 Å². The molecule has 2 N–H and O–H groups in total. The van der Waals surface area contributed by atoms with E-state index in [0.717, 1.165) is 19.3 Å². The van der Waals surface area contributed by atoms with Crippen LogP contribution in [0.15, 0.2) is 0 Å². The van der Waals surface area contributed by atoms with Crippen molar-refractivity contribution in [3.63, 3.8) is 0 Å². The predicted molar refractivity (Wildman–Crippen MR) is 162 cm³/mol. The molecule has 0 spiro atoms. The molecule has 1 aliphatic rings. The van der Waals surface area contributed by atoms with Crippen molar-refractivity contribution in [2.45, 2.75) is 150 Å². The van der Waals surface area contributed by atoms with Crippen molar-refractivity contribution in [2.75, 3.05) is 13.7 Å². The fraction of sp³-hybridized carbons (Fsp3) is 0.906. The number of carbonyl (C=O) groups excluding carboxylic acids is 2. The Hall–Kier alpha value is -1.95. The van der Waals surface area contributed by atoms with Gasteiger partial charge in [0.2, 0.25) is 6.29 Å². The number of esters is 2. The maximum Gasteiger partial charge on any atom is 0.506 e. The van der Waals surface area contributed by atoms with Crippen LogP contribution in [0.25, 0.3) is 0 Å². The Morgan fingerprint density at radius 3 is 2.30 bits per heavy atom. The largest absolute Gasteiger partial charge is 0.506 e. The molecule has 1 rings (SSSR count). The standard InChI is InChI=1S/C32H59NO10/c1-12-14-27(39-24(8)30(38-11)40-25(9)34)42-28-21(5)15-19(3)16-22(6)33-18-20(4)17-32(10,43-31(36)37)26(13-2)41-29(35)23(28)7/h19-24,26-28,30,33H,12-18H2,1-11H3,(H,36,37)/t19?,20-,21?,22-,23?,24+,26?,27?,28?,30?,32+/m1/s1. The molecule has 11 atom stereocenters. The average Bonchev–Trinajstić information content (AvgIpc) is 2.90. The first kappa shape index (κ1) is 39.1. The fourth-order valence-corrected chi connectivity index (χ4v) is 6.30. The SMILES string of the molecule is CCCC(OC1C(C)CC(C)C[C@@H](C)NC[C@H](C)C[C@](C)(OC(=O)O)C(CC)OC(=O)C1C)O[C@@H](C)C(OC)OC(C)=O. The first-order valence-electron chi connectivity index (χ1n) is 15.9. The normalized spacial score (nSPS) is 33.7. The number of nitrogens with one attached hydrogen (secondary N) is 1. The van der Waals surface area contributed by atoms with Crippen molar-refractivity contribution >= 4 is 18.1 Å². The highest BCUT2D eigenvalue weighted by Gasteiger charge is 2.43. The number of rotatable bonds is 11. The van der Waals surface area contributed by atoms with Gasteiger partial charge in [0.05, 0.1) is 12.0 Å². The molecule has 0 aliphatic carbocycles. The molecule has 0 saturated carbocycles. The lowest BCUT2D eigenvalue weighted by molar-refractivity contribution is -0.260. The highest BCUT2D eigenvalue weighted by Crippen LogP contribution is 2.33. The lowest BCUT2D eigenvalue weighted by Gasteiger charge is -2.39.